The van der Waals surface area contributed by atoms with Gasteiger partial charge in [0.25, 0.3) is 0 Å². The van der Waals surface area contributed by atoms with Gasteiger partial charge in [0, 0.05) is 17.4 Å². The van der Waals surface area contributed by atoms with E-state index in [-0.39, 0.29) is 16.1 Å². The first-order valence-corrected chi connectivity index (χ1v) is 7.24. The van der Waals surface area contributed by atoms with Crippen molar-refractivity contribution in [1.29, 1.82) is 0 Å². The van der Waals surface area contributed by atoms with Crippen LogP contribution in [0.1, 0.15) is 39.7 Å². The van der Waals surface area contributed by atoms with Gasteiger partial charge in [-0.2, -0.15) is 5.10 Å². The molecule has 0 spiro atoms. The van der Waals surface area contributed by atoms with E-state index in [9.17, 15) is 4.79 Å². The number of nitrogens with one attached hydrogen (secondary N) is 1. The molecule has 2 rings (SSSR count). The van der Waals surface area contributed by atoms with Gasteiger partial charge in [-0.05, 0) is 6.92 Å². The third kappa shape index (κ3) is 3.38. The summed E-state index contributed by atoms with van der Waals surface area (Å²) in [6.07, 6.45) is 0.473. The van der Waals surface area contributed by atoms with Gasteiger partial charge in [0.1, 0.15) is 15.7 Å². The van der Waals surface area contributed by atoms with Crippen LogP contribution in [0.5, 0.6) is 0 Å². The molecular formula is C15H20N2OS. The Bertz CT molecular complexity index is 505. The first-order valence-electron chi connectivity index (χ1n) is 6.43. The lowest BCUT2D eigenvalue weighted by molar-refractivity contribution is -0.126. The van der Waals surface area contributed by atoms with Gasteiger partial charge in [0.05, 0.1) is 0 Å². The van der Waals surface area contributed by atoms with Crippen LogP contribution in [0, 0.1) is 5.41 Å². The topological polar surface area (TPSA) is 41.5 Å². The molecule has 0 aromatic heterocycles. The minimum Gasteiger partial charge on any atom is -0.299 e. The summed E-state index contributed by atoms with van der Waals surface area (Å²) in [4.78, 5) is 11.8. The van der Waals surface area contributed by atoms with E-state index in [1.54, 1.807) is 11.8 Å². The van der Waals surface area contributed by atoms with E-state index in [1.807, 2.05) is 58.0 Å². The molecule has 0 radical (unpaired) electrons. The van der Waals surface area contributed by atoms with Gasteiger partial charge in [-0.3, -0.25) is 10.2 Å². The average molecular weight is 276 g/mol. The van der Waals surface area contributed by atoms with Gasteiger partial charge in [0.15, 0.2) is 0 Å². The monoisotopic (exact) mass is 276 g/mol. The SMILES string of the molecule is CC1(CC(=O)C(C)(C)C)NN=C(c2ccccc2)S1. The van der Waals surface area contributed by atoms with Crippen LogP contribution in [0.15, 0.2) is 35.4 Å². The summed E-state index contributed by atoms with van der Waals surface area (Å²) in [5.74, 6) is 0.250. The molecule has 0 fully saturated rings. The number of thioether (sulfide) groups is 1. The van der Waals surface area contributed by atoms with Crippen LogP contribution in [-0.4, -0.2) is 15.7 Å². The Morgan fingerprint density at radius 2 is 1.95 bits per heavy atom. The van der Waals surface area contributed by atoms with Crippen molar-refractivity contribution in [3.8, 4) is 0 Å². The fourth-order valence-electron chi connectivity index (χ4n) is 1.78. The second-order valence-corrected chi connectivity index (χ2v) is 7.57. The Balaban J connectivity index is 2.06. The van der Waals surface area contributed by atoms with E-state index < -0.39 is 0 Å². The molecule has 102 valence electrons. The van der Waals surface area contributed by atoms with Crippen LogP contribution in [0.2, 0.25) is 0 Å². The molecule has 0 amide bonds. The fraction of sp³-hybridized carbons (Fsp3) is 0.467. The molecule has 1 aliphatic rings. The fourth-order valence-corrected chi connectivity index (χ4v) is 2.85. The maximum Gasteiger partial charge on any atom is 0.141 e. The normalized spacial score (nSPS) is 22.8. The highest BCUT2D eigenvalue weighted by atomic mass is 32.2. The van der Waals surface area contributed by atoms with E-state index in [2.05, 4.69) is 10.5 Å². The number of nitrogens with zero attached hydrogens (tertiary/aromatic N) is 1. The van der Waals surface area contributed by atoms with E-state index in [0.717, 1.165) is 10.6 Å². The molecule has 4 heteroatoms. The van der Waals surface area contributed by atoms with Crippen molar-refractivity contribution >= 4 is 22.6 Å². The lowest BCUT2D eigenvalue weighted by Crippen LogP contribution is -2.37. The Labute approximate surface area is 118 Å². The number of carbonyl (C=O) groups is 1. The summed E-state index contributed by atoms with van der Waals surface area (Å²) in [5.41, 5.74) is 3.90. The van der Waals surface area contributed by atoms with Crippen LogP contribution in [0.3, 0.4) is 0 Å². The molecule has 1 aromatic carbocycles. The molecule has 1 aliphatic heterocycles. The number of ketones is 1. The van der Waals surface area contributed by atoms with Gasteiger partial charge in [-0.25, -0.2) is 0 Å². The zero-order valence-electron chi connectivity index (χ0n) is 11.9. The van der Waals surface area contributed by atoms with Crippen LogP contribution in [0.4, 0.5) is 0 Å². The Kier molecular flexibility index (Phi) is 3.72. The van der Waals surface area contributed by atoms with Gasteiger partial charge in [-0.1, -0.05) is 62.9 Å². The smallest absolute Gasteiger partial charge is 0.141 e. The summed E-state index contributed by atoms with van der Waals surface area (Å²) in [6, 6.07) is 10.0. The standard InChI is InChI=1S/C15H20N2OS/c1-14(2,3)12(18)10-15(4)17-16-13(19-15)11-8-6-5-7-9-11/h5-9,17H,10H2,1-4H3. The van der Waals surface area contributed by atoms with Gasteiger partial charge < -0.3 is 0 Å². The van der Waals surface area contributed by atoms with Crippen molar-refractivity contribution in [1.82, 2.24) is 5.43 Å². The first kappa shape index (κ1) is 14.1. The van der Waals surface area contributed by atoms with E-state index in [4.69, 9.17) is 0 Å². The summed E-state index contributed by atoms with van der Waals surface area (Å²) >= 11 is 1.63. The summed E-state index contributed by atoms with van der Waals surface area (Å²) in [5, 5.41) is 5.32. The third-order valence-electron chi connectivity index (χ3n) is 3.07. The van der Waals surface area contributed by atoms with Crippen LogP contribution >= 0.6 is 11.8 Å². The predicted molar refractivity (Wildman–Crippen MR) is 81.2 cm³/mol. The predicted octanol–water partition coefficient (Wildman–Crippen LogP) is 3.41. The van der Waals surface area contributed by atoms with Crippen molar-refractivity contribution in [2.45, 2.75) is 39.0 Å². The molecule has 1 atom stereocenters. The number of hydrazone groups is 1. The van der Waals surface area contributed by atoms with Crippen LogP contribution < -0.4 is 5.43 Å². The summed E-state index contributed by atoms with van der Waals surface area (Å²) in [6.45, 7) is 7.90. The molecule has 0 aliphatic carbocycles. The second kappa shape index (κ2) is 5.00. The summed E-state index contributed by atoms with van der Waals surface area (Å²) in [7, 11) is 0. The lowest BCUT2D eigenvalue weighted by Gasteiger charge is -2.26. The zero-order chi connectivity index (χ0) is 14.1. The van der Waals surface area contributed by atoms with Gasteiger partial charge in [-0.15, -0.1) is 0 Å². The molecule has 1 aromatic rings. The molecule has 1 heterocycles. The van der Waals surface area contributed by atoms with Crippen LogP contribution in [0.25, 0.3) is 0 Å². The van der Waals surface area contributed by atoms with E-state index >= 15 is 0 Å². The van der Waals surface area contributed by atoms with Crippen LogP contribution in [-0.2, 0) is 4.79 Å². The number of Topliss-reactive ketones (excluding diaryl/α,β-unsaturated/α-hetero) is 1. The van der Waals surface area contributed by atoms with Crippen molar-refractivity contribution in [3.63, 3.8) is 0 Å². The minimum absolute atomic E-state index is 0.250. The Hall–Kier alpha value is -1.29. The van der Waals surface area contributed by atoms with Crippen molar-refractivity contribution in [2.24, 2.45) is 10.5 Å². The van der Waals surface area contributed by atoms with E-state index in [0.29, 0.717) is 6.42 Å². The molecule has 0 saturated carbocycles. The van der Waals surface area contributed by atoms with Crippen molar-refractivity contribution < 1.29 is 4.79 Å². The second-order valence-electron chi connectivity index (χ2n) is 6.08. The number of hydrogen-bond donors (Lipinski definition) is 1. The molecule has 1 N–H and O–H groups in total. The van der Waals surface area contributed by atoms with E-state index in [1.165, 1.54) is 0 Å². The number of carbonyl (C=O) groups excluding carboxylic acids is 1. The molecule has 19 heavy (non-hydrogen) atoms. The Morgan fingerprint density at radius 3 is 2.53 bits per heavy atom. The lowest BCUT2D eigenvalue weighted by atomic mass is 9.87. The largest absolute Gasteiger partial charge is 0.299 e. The average Bonchev–Trinajstić information content (AvgIpc) is 2.71. The number of rotatable bonds is 3. The minimum atomic E-state index is -0.338. The number of hydrogen-bond acceptors (Lipinski definition) is 4. The maximum atomic E-state index is 12.2. The van der Waals surface area contributed by atoms with Crippen molar-refractivity contribution in [2.75, 3.05) is 0 Å². The van der Waals surface area contributed by atoms with Crippen molar-refractivity contribution in [3.05, 3.63) is 35.9 Å². The third-order valence-corrected chi connectivity index (χ3v) is 4.28. The summed E-state index contributed by atoms with van der Waals surface area (Å²) < 4.78 is 0. The molecular weight excluding hydrogens is 256 g/mol. The highest BCUT2D eigenvalue weighted by molar-refractivity contribution is 8.15. The quantitative estimate of drug-likeness (QED) is 0.920. The first-order chi connectivity index (χ1) is 8.80. The number of benzene rings is 1. The zero-order valence-corrected chi connectivity index (χ0v) is 12.7. The highest BCUT2D eigenvalue weighted by Gasteiger charge is 2.37. The van der Waals surface area contributed by atoms with Gasteiger partial charge >= 0.3 is 0 Å². The maximum absolute atomic E-state index is 12.2. The molecule has 0 bridgehead atoms. The molecule has 1 unspecified atom stereocenters. The molecule has 0 saturated heterocycles. The highest BCUT2D eigenvalue weighted by Crippen LogP contribution is 2.36. The Morgan fingerprint density at radius 1 is 1.32 bits per heavy atom. The molecule has 3 nitrogen and oxygen atoms in total. The van der Waals surface area contributed by atoms with Gasteiger partial charge in [0.2, 0.25) is 0 Å².